The predicted octanol–water partition coefficient (Wildman–Crippen LogP) is 3.45. The number of pyridine rings is 1. The molecule has 1 atom stereocenters. The fourth-order valence-electron chi connectivity index (χ4n) is 4.80. The molecule has 4 heterocycles. The van der Waals surface area contributed by atoms with E-state index < -0.39 is 0 Å². The van der Waals surface area contributed by atoms with Crippen molar-refractivity contribution in [1.29, 1.82) is 0 Å². The van der Waals surface area contributed by atoms with E-state index in [4.69, 9.17) is 0 Å². The van der Waals surface area contributed by atoms with Crippen LogP contribution in [0.25, 0.3) is 16.6 Å². The Hall–Kier alpha value is -3.55. The zero-order valence-corrected chi connectivity index (χ0v) is 16.1. The van der Waals surface area contributed by atoms with Crippen LogP contribution in [0, 0.1) is 5.82 Å². The smallest absolute Gasteiger partial charge is 0.270 e. The van der Waals surface area contributed by atoms with Crippen molar-refractivity contribution < 1.29 is 9.18 Å². The van der Waals surface area contributed by atoms with Crippen LogP contribution in [0.1, 0.15) is 41.4 Å². The number of aromatic nitrogens is 5. The van der Waals surface area contributed by atoms with Crippen molar-refractivity contribution in [2.75, 3.05) is 6.54 Å². The summed E-state index contributed by atoms with van der Waals surface area (Å²) in [5, 5.41) is 9.57. The van der Waals surface area contributed by atoms with Crippen LogP contribution in [0.15, 0.2) is 55.0 Å². The fraction of sp³-hybridized carbons (Fsp3) is 0.273. The molecule has 1 saturated carbocycles. The first-order valence-electron chi connectivity index (χ1n) is 10.1. The van der Waals surface area contributed by atoms with Gasteiger partial charge in [0.25, 0.3) is 5.91 Å². The van der Waals surface area contributed by atoms with Gasteiger partial charge in [-0.25, -0.2) is 9.07 Å². The summed E-state index contributed by atoms with van der Waals surface area (Å²) in [5.41, 5.74) is 2.97. The third kappa shape index (κ3) is 2.56. The summed E-state index contributed by atoms with van der Waals surface area (Å²) >= 11 is 0. The molecule has 3 aromatic heterocycles. The fourth-order valence-corrected chi connectivity index (χ4v) is 4.80. The first-order chi connectivity index (χ1) is 14.6. The summed E-state index contributed by atoms with van der Waals surface area (Å²) in [6.07, 6.45) is 8.17. The highest BCUT2D eigenvalue weighted by molar-refractivity contribution is 5.98. The van der Waals surface area contributed by atoms with Gasteiger partial charge >= 0.3 is 0 Å². The van der Waals surface area contributed by atoms with Gasteiger partial charge < -0.3 is 9.88 Å². The Morgan fingerprint density at radius 1 is 1.20 bits per heavy atom. The average Bonchev–Trinajstić information content (AvgIpc) is 3.10. The van der Waals surface area contributed by atoms with Crippen molar-refractivity contribution in [3.05, 3.63) is 72.2 Å². The van der Waals surface area contributed by atoms with Gasteiger partial charge in [-0.05, 0) is 55.7 Å². The predicted molar refractivity (Wildman–Crippen MR) is 108 cm³/mol. The number of fused-ring (bicyclic) bond motifs is 1. The van der Waals surface area contributed by atoms with Crippen molar-refractivity contribution in [1.82, 2.24) is 29.9 Å². The summed E-state index contributed by atoms with van der Waals surface area (Å²) in [6.45, 7) is 0.695. The van der Waals surface area contributed by atoms with Gasteiger partial charge in [-0.1, -0.05) is 5.21 Å². The van der Waals surface area contributed by atoms with E-state index in [1.165, 1.54) is 12.1 Å². The van der Waals surface area contributed by atoms with Gasteiger partial charge in [0.1, 0.15) is 11.5 Å². The molecule has 30 heavy (non-hydrogen) atoms. The monoisotopic (exact) mass is 402 g/mol. The molecule has 7 nitrogen and oxygen atoms in total. The molecular weight excluding hydrogens is 383 g/mol. The number of amides is 1. The number of hydrogen-bond donors (Lipinski definition) is 1. The minimum Gasteiger partial charge on any atom is -0.350 e. The summed E-state index contributed by atoms with van der Waals surface area (Å²) < 4.78 is 14.9. The van der Waals surface area contributed by atoms with Gasteiger partial charge in [0.2, 0.25) is 0 Å². The molecular formula is C22H19FN6O. The SMILES string of the molecule is O=C(c1cc2cnccc2[nH]1)N1CCC(c2cn(-c3ccc(F)cc3)nn2)C12CC2. The molecule has 2 aliphatic rings. The number of carbonyl (C=O) groups excluding carboxylic acids is 1. The Morgan fingerprint density at radius 2 is 2.03 bits per heavy atom. The average molecular weight is 402 g/mol. The number of rotatable bonds is 3. The van der Waals surface area contributed by atoms with Crippen LogP contribution in [0.3, 0.4) is 0 Å². The van der Waals surface area contributed by atoms with E-state index in [0.717, 1.165) is 41.5 Å². The van der Waals surface area contributed by atoms with E-state index in [1.54, 1.807) is 29.2 Å². The molecule has 2 fully saturated rings. The first kappa shape index (κ1) is 17.3. The van der Waals surface area contributed by atoms with Gasteiger partial charge in [-0.3, -0.25) is 9.78 Å². The summed E-state index contributed by atoms with van der Waals surface area (Å²) in [7, 11) is 0. The number of carbonyl (C=O) groups is 1. The number of halogens is 1. The minimum absolute atomic E-state index is 0.0251. The van der Waals surface area contributed by atoms with Crippen molar-refractivity contribution in [3.8, 4) is 5.69 Å². The lowest BCUT2D eigenvalue weighted by molar-refractivity contribution is 0.0704. The number of aromatic amines is 1. The molecule has 1 aromatic carbocycles. The molecule has 1 spiro atoms. The Kier molecular flexibility index (Phi) is 3.59. The number of nitrogens with one attached hydrogen (secondary N) is 1. The number of hydrogen-bond acceptors (Lipinski definition) is 4. The second kappa shape index (κ2) is 6.22. The molecule has 1 saturated heterocycles. The van der Waals surface area contributed by atoms with Crippen LogP contribution >= 0.6 is 0 Å². The molecule has 1 aliphatic carbocycles. The van der Waals surface area contributed by atoms with Crippen LogP contribution < -0.4 is 0 Å². The van der Waals surface area contributed by atoms with Gasteiger partial charge in [0, 0.05) is 35.8 Å². The van der Waals surface area contributed by atoms with Gasteiger partial charge in [0.15, 0.2) is 0 Å². The summed E-state index contributed by atoms with van der Waals surface area (Å²) in [6, 6.07) is 9.92. The van der Waals surface area contributed by atoms with Crippen LogP contribution in [-0.4, -0.2) is 47.9 Å². The summed E-state index contributed by atoms with van der Waals surface area (Å²) in [4.78, 5) is 22.7. The van der Waals surface area contributed by atoms with E-state index in [2.05, 4.69) is 20.3 Å². The Balaban J connectivity index is 1.28. The molecule has 0 radical (unpaired) electrons. The molecule has 1 aliphatic heterocycles. The highest BCUT2D eigenvalue weighted by Crippen LogP contribution is 2.57. The summed E-state index contributed by atoms with van der Waals surface area (Å²) in [5.74, 6) is -0.104. The molecule has 8 heteroatoms. The van der Waals surface area contributed by atoms with Crippen molar-refractivity contribution in [3.63, 3.8) is 0 Å². The standard InChI is InChI=1S/C22H19FN6O/c23-15-1-3-16(4-2-15)29-13-20(26-27-29)17-6-10-28(22(17)7-8-22)21(30)19-11-14-12-24-9-5-18(14)25-19/h1-5,9,11-13,17,25H,6-8,10H2. The van der Waals surface area contributed by atoms with E-state index in [1.807, 2.05) is 23.2 Å². The number of likely N-dealkylation sites (tertiary alicyclic amines) is 1. The zero-order valence-electron chi connectivity index (χ0n) is 16.1. The highest BCUT2D eigenvalue weighted by atomic mass is 19.1. The molecule has 1 amide bonds. The Bertz CT molecular complexity index is 1220. The lowest BCUT2D eigenvalue weighted by Gasteiger charge is -2.27. The quantitative estimate of drug-likeness (QED) is 0.569. The van der Waals surface area contributed by atoms with Crippen molar-refractivity contribution >= 4 is 16.8 Å². The molecule has 150 valence electrons. The van der Waals surface area contributed by atoms with Crippen LogP contribution in [0.4, 0.5) is 4.39 Å². The van der Waals surface area contributed by atoms with Crippen LogP contribution in [0.5, 0.6) is 0 Å². The molecule has 0 bridgehead atoms. The van der Waals surface area contributed by atoms with Crippen LogP contribution in [0.2, 0.25) is 0 Å². The van der Waals surface area contributed by atoms with Gasteiger partial charge in [0.05, 0.1) is 23.1 Å². The molecule has 1 N–H and O–H groups in total. The van der Waals surface area contributed by atoms with Crippen molar-refractivity contribution in [2.24, 2.45) is 0 Å². The van der Waals surface area contributed by atoms with E-state index >= 15 is 0 Å². The molecule has 4 aromatic rings. The number of benzene rings is 1. The largest absolute Gasteiger partial charge is 0.350 e. The third-order valence-electron chi connectivity index (χ3n) is 6.45. The van der Waals surface area contributed by atoms with Crippen LogP contribution in [-0.2, 0) is 0 Å². The van der Waals surface area contributed by atoms with Gasteiger partial charge in [-0.2, -0.15) is 0 Å². The normalized spacial score (nSPS) is 19.6. The second-order valence-electron chi connectivity index (χ2n) is 8.11. The topological polar surface area (TPSA) is 79.7 Å². The first-order valence-corrected chi connectivity index (χ1v) is 10.1. The zero-order chi connectivity index (χ0) is 20.3. The van der Waals surface area contributed by atoms with Crippen molar-refractivity contribution in [2.45, 2.75) is 30.7 Å². The maximum Gasteiger partial charge on any atom is 0.270 e. The van der Waals surface area contributed by atoms with E-state index in [9.17, 15) is 9.18 Å². The minimum atomic E-state index is -0.284. The van der Waals surface area contributed by atoms with Gasteiger partial charge in [-0.15, -0.1) is 5.10 Å². The maximum absolute atomic E-state index is 13.3. The maximum atomic E-state index is 13.3. The lowest BCUT2D eigenvalue weighted by Crippen LogP contribution is -2.39. The molecule has 1 unspecified atom stereocenters. The Labute approximate surface area is 171 Å². The second-order valence-corrected chi connectivity index (χ2v) is 8.11. The highest BCUT2D eigenvalue weighted by Gasteiger charge is 2.60. The molecule has 6 rings (SSSR count). The number of nitrogens with zero attached hydrogens (tertiary/aromatic N) is 5. The van der Waals surface area contributed by atoms with E-state index in [0.29, 0.717) is 12.2 Å². The number of H-pyrrole nitrogens is 1. The Morgan fingerprint density at radius 3 is 2.80 bits per heavy atom. The van der Waals surface area contributed by atoms with E-state index in [-0.39, 0.29) is 23.2 Å². The third-order valence-corrected chi connectivity index (χ3v) is 6.45. The lowest BCUT2D eigenvalue weighted by atomic mass is 9.94.